The Kier molecular flexibility index (Phi) is 6.72. The first-order valence-electron chi connectivity index (χ1n) is 9.82. The third-order valence-electron chi connectivity index (χ3n) is 5.48. The highest BCUT2D eigenvalue weighted by molar-refractivity contribution is 5.89. The number of ether oxygens (including phenoxy) is 1. The third-order valence-corrected chi connectivity index (χ3v) is 5.48. The topological polar surface area (TPSA) is 53.6 Å². The quantitative estimate of drug-likeness (QED) is 0.793. The Morgan fingerprint density at radius 1 is 1.23 bits per heavy atom. The lowest BCUT2D eigenvalue weighted by molar-refractivity contribution is 0.105. The van der Waals surface area contributed by atoms with Gasteiger partial charge in [-0.3, -0.25) is 0 Å². The van der Waals surface area contributed by atoms with Crippen molar-refractivity contribution < 1.29 is 13.9 Å². The Balaban J connectivity index is 1.49. The van der Waals surface area contributed by atoms with Crippen LogP contribution in [-0.2, 0) is 4.74 Å². The van der Waals surface area contributed by atoms with Crippen LogP contribution in [0.4, 0.5) is 20.6 Å². The van der Waals surface area contributed by atoms with Crippen LogP contribution < -0.4 is 15.5 Å². The van der Waals surface area contributed by atoms with E-state index in [9.17, 15) is 9.18 Å². The van der Waals surface area contributed by atoms with Gasteiger partial charge in [-0.05, 0) is 50.3 Å². The minimum atomic E-state index is -0.309. The van der Waals surface area contributed by atoms with Gasteiger partial charge in [-0.25, -0.2) is 9.18 Å². The molecule has 1 heterocycles. The molecule has 2 N–H and O–H groups in total. The highest BCUT2D eigenvalue weighted by Gasteiger charge is 2.21. The predicted molar refractivity (Wildman–Crippen MR) is 102 cm³/mol. The average molecular weight is 363 g/mol. The van der Waals surface area contributed by atoms with Crippen LogP contribution in [0, 0.1) is 5.82 Å². The number of hydrogen-bond acceptors (Lipinski definition) is 3. The van der Waals surface area contributed by atoms with E-state index in [0.29, 0.717) is 24.0 Å². The molecule has 0 spiro atoms. The van der Waals surface area contributed by atoms with E-state index in [1.165, 1.54) is 25.3 Å². The lowest BCUT2D eigenvalue weighted by atomic mass is 9.94. The van der Waals surface area contributed by atoms with Gasteiger partial charge in [0.15, 0.2) is 0 Å². The molecule has 1 aromatic carbocycles. The van der Waals surface area contributed by atoms with E-state index in [1.54, 1.807) is 12.1 Å². The molecule has 144 valence electrons. The zero-order valence-electron chi connectivity index (χ0n) is 15.6. The van der Waals surface area contributed by atoms with Gasteiger partial charge in [0.1, 0.15) is 5.82 Å². The number of anilines is 2. The first-order valence-corrected chi connectivity index (χ1v) is 9.82. The van der Waals surface area contributed by atoms with E-state index in [0.717, 1.165) is 38.7 Å². The van der Waals surface area contributed by atoms with Gasteiger partial charge in [-0.15, -0.1) is 0 Å². The molecular weight excluding hydrogens is 333 g/mol. The highest BCUT2D eigenvalue weighted by atomic mass is 19.1. The maximum absolute atomic E-state index is 14.5. The van der Waals surface area contributed by atoms with Crippen molar-refractivity contribution in [2.75, 3.05) is 30.4 Å². The number of hydrogen-bond donors (Lipinski definition) is 2. The molecular formula is C20H30FN3O2. The summed E-state index contributed by atoms with van der Waals surface area (Å²) in [6.45, 7) is 1.37. The summed E-state index contributed by atoms with van der Waals surface area (Å²) in [5.74, 6) is -0.296. The van der Waals surface area contributed by atoms with Gasteiger partial charge in [0, 0.05) is 31.9 Å². The minimum Gasteiger partial charge on any atom is -0.378 e. The van der Waals surface area contributed by atoms with Crippen molar-refractivity contribution in [1.29, 1.82) is 0 Å². The summed E-state index contributed by atoms with van der Waals surface area (Å²) in [5, 5.41) is 5.51. The highest BCUT2D eigenvalue weighted by Crippen LogP contribution is 2.29. The van der Waals surface area contributed by atoms with Crippen molar-refractivity contribution in [3.8, 4) is 0 Å². The Hall–Kier alpha value is -1.82. The lowest BCUT2D eigenvalue weighted by Gasteiger charge is -2.33. The number of rotatable bonds is 6. The van der Waals surface area contributed by atoms with E-state index < -0.39 is 0 Å². The predicted octanol–water partition coefficient (Wildman–Crippen LogP) is 4.29. The van der Waals surface area contributed by atoms with Crippen LogP contribution in [0.25, 0.3) is 0 Å². The number of amides is 2. The fraction of sp³-hybridized carbons (Fsp3) is 0.650. The first-order chi connectivity index (χ1) is 12.6. The number of urea groups is 1. The van der Waals surface area contributed by atoms with Gasteiger partial charge < -0.3 is 20.3 Å². The standard InChI is InChI=1S/C20H30FN3O2/c1-24(16-6-3-2-4-7-16)19-10-9-15(14-18(19)21)23-20(25)22-12-11-17-8-5-13-26-17/h9-10,14,16-17H,2-8,11-13H2,1H3,(H2,22,23,25). The van der Waals surface area contributed by atoms with Gasteiger partial charge in [-0.2, -0.15) is 0 Å². The molecule has 2 amide bonds. The zero-order chi connectivity index (χ0) is 18.4. The Labute approximate surface area is 155 Å². The molecule has 0 aromatic heterocycles. The second-order valence-electron chi connectivity index (χ2n) is 7.37. The lowest BCUT2D eigenvalue weighted by Crippen LogP contribution is -2.34. The molecule has 1 aliphatic heterocycles. The summed E-state index contributed by atoms with van der Waals surface area (Å²) in [6.07, 6.45) is 9.14. The van der Waals surface area contributed by atoms with E-state index >= 15 is 0 Å². The average Bonchev–Trinajstić information content (AvgIpc) is 3.15. The summed E-state index contributed by atoms with van der Waals surface area (Å²) in [6, 6.07) is 5.01. The van der Waals surface area contributed by atoms with Crippen LogP contribution in [0.15, 0.2) is 18.2 Å². The van der Waals surface area contributed by atoms with Crippen LogP contribution in [0.3, 0.4) is 0 Å². The van der Waals surface area contributed by atoms with Crippen molar-refractivity contribution in [1.82, 2.24) is 5.32 Å². The Bertz CT molecular complexity index is 599. The van der Waals surface area contributed by atoms with Gasteiger partial charge >= 0.3 is 6.03 Å². The van der Waals surface area contributed by atoms with Crippen LogP contribution >= 0.6 is 0 Å². The van der Waals surface area contributed by atoms with Crippen molar-refractivity contribution >= 4 is 17.4 Å². The Morgan fingerprint density at radius 2 is 2.04 bits per heavy atom. The second-order valence-corrected chi connectivity index (χ2v) is 7.37. The smallest absolute Gasteiger partial charge is 0.319 e. The second kappa shape index (κ2) is 9.21. The van der Waals surface area contributed by atoms with E-state index in [-0.39, 0.29) is 18.0 Å². The van der Waals surface area contributed by atoms with Crippen LogP contribution in [0.5, 0.6) is 0 Å². The van der Waals surface area contributed by atoms with Gasteiger partial charge in [-0.1, -0.05) is 19.3 Å². The van der Waals surface area contributed by atoms with Crippen LogP contribution in [0.2, 0.25) is 0 Å². The first kappa shape index (κ1) is 19.0. The fourth-order valence-corrected chi connectivity index (χ4v) is 3.93. The number of carbonyl (C=O) groups is 1. The molecule has 26 heavy (non-hydrogen) atoms. The molecule has 2 aliphatic rings. The SMILES string of the molecule is CN(c1ccc(NC(=O)NCCC2CCCO2)cc1F)C1CCCCC1. The number of nitrogens with one attached hydrogen (secondary N) is 2. The minimum absolute atomic E-state index is 0.252. The molecule has 1 atom stereocenters. The van der Waals surface area contributed by atoms with Crippen LogP contribution in [0.1, 0.15) is 51.4 Å². The largest absolute Gasteiger partial charge is 0.378 e. The molecule has 1 aliphatic carbocycles. The number of carbonyl (C=O) groups excluding carboxylic acids is 1. The number of benzene rings is 1. The fourth-order valence-electron chi connectivity index (χ4n) is 3.93. The maximum atomic E-state index is 14.5. The summed E-state index contributed by atoms with van der Waals surface area (Å²) >= 11 is 0. The van der Waals surface area contributed by atoms with E-state index in [2.05, 4.69) is 10.6 Å². The molecule has 6 heteroatoms. The summed E-state index contributed by atoms with van der Waals surface area (Å²) in [7, 11) is 1.96. The molecule has 1 unspecified atom stereocenters. The molecule has 1 saturated carbocycles. The zero-order valence-corrected chi connectivity index (χ0v) is 15.6. The number of nitrogens with zero attached hydrogens (tertiary/aromatic N) is 1. The van der Waals surface area contributed by atoms with Crippen molar-refractivity contribution in [2.24, 2.45) is 0 Å². The van der Waals surface area contributed by atoms with Gasteiger partial charge in [0.25, 0.3) is 0 Å². The van der Waals surface area contributed by atoms with Crippen molar-refractivity contribution in [3.63, 3.8) is 0 Å². The molecule has 3 rings (SSSR count). The monoisotopic (exact) mass is 363 g/mol. The van der Waals surface area contributed by atoms with Crippen LogP contribution in [-0.4, -0.2) is 38.4 Å². The van der Waals surface area contributed by atoms with E-state index in [1.807, 2.05) is 11.9 Å². The third kappa shape index (κ3) is 5.10. The molecule has 0 bridgehead atoms. The Morgan fingerprint density at radius 3 is 2.73 bits per heavy atom. The summed E-state index contributed by atoms with van der Waals surface area (Å²) in [4.78, 5) is 14.0. The van der Waals surface area contributed by atoms with Gasteiger partial charge in [0.05, 0.1) is 11.8 Å². The number of halogens is 1. The van der Waals surface area contributed by atoms with Gasteiger partial charge in [0.2, 0.25) is 0 Å². The molecule has 5 nitrogen and oxygen atoms in total. The molecule has 0 radical (unpaired) electrons. The summed E-state index contributed by atoms with van der Waals surface area (Å²) in [5.41, 5.74) is 1.07. The maximum Gasteiger partial charge on any atom is 0.319 e. The van der Waals surface area contributed by atoms with E-state index in [4.69, 9.17) is 4.74 Å². The molecule has 2 fully saturated rings. The molecule has 1 aromatic rings. The van der Waals surface area contributed by atoms with Crippen molar-refractivity contribution in [3.05, 3.63) is 24.0 Å². The normalized spacial score (nSPS) is 20.8. The van der Waals surface area contributed by atoms with Crippen molar-refractivity contribution in [2.45, 2.75) is 63.5 Å². The summed E-state index contributed by atoms with van der Waals surface area (Å²) < 4.78 is 20.1. The molecule has 1 saturated heterocycles.